The molecule has 0 aliphatic carbocycles. The van der Waals surface area contributed by atoms with E-state index in [1.54, 1.807) is 7.11 Å². The second kappa shape index (κ2) is 8.49. The van der Waals surface area contributed by atoms with E-state index in [-0.39, 0.29) is 22.2 Å². The van der Waals surface area contributed by atoms with Gasteiger partial charge in [0, 0.05) is 20.3 Å². The normalized spacial score (nSPS) is 11.8. The number of carbonyl (C=O) groups excluding carboxylic acids is 1. The summed E-state index contributed by atoms with van der Waals surface area (Å²) >= 11 is 5.93. The van der Waals surface area contributed by atoms with Crippen LogP contribution in [0.4, 0.5) is 0 Å². The van der Waals surface area contributed by atoms with Crippen LogP contribution in [0.3, 0.4) is 0 Å². The van der Waals surface area contributed by atoms with E-state index in [0.717, 1.165) is 0 Å². The van der Waals surface area contributed by atoms with Gasteiger partial charge in [-0.25, -0.2) is 4.79 Å². The van der Waals surface area contributed by atoms with Gasteiger partial charge < -0.3 is 19.9 Å². The van der Waals surface area contributed by atoms with Crippen LogP contribution in [0.2, 0.25) is 5.02 Å². The Balaban J connectivity index is 2.68. The Morgan fingerprint density at radius 1 is 1.43 bits per heavy atom. The number of aromatic carboxylic acids is 1. The highest BCUT2D eigenvalue weighted by molar-refractivity contribution is 6.32. The molecule has 0 aromatic heterocycles. The van der Waals surface area contributed by atoms with Crippen molar-refractivity contribution in [2.75, 3.05) is 20.3 Å². The molecule has 1 unspecified atom stereocenters. The number of hydrogen-bond donors (Lipinski definition) is 2. The number of halogens is 1. The summed E-state index contributed by atoms with van der Waals surface area (Å²) in [5.41, 5.74) is -0.0819. The molecule has 0 bridgehead atoms. The zero-order valence-electron chi connectivity index (χ0n) is 11.9. The molecular formula is C14H18ClNO5. The highest BCUT2D eigenvalue weighted by atomic mass is 35.5. The maximum absolute atomic E-state index is 11.8. The lowest BCUT2D eigenvalue weighted by Gasteiger charge is -2.17. The highest BCUT2D eigenvalue weighted by Crippen LogP contribution is 2.29. The molecule has 1 atom stereocenters. The van der Waals surface area contributed by atoms with Crippen LogP contribution in [0, 0.1) is 0 Å². The third kappa shape index (κ3) is 5.24. The summed E-state index contributed by atoms with van der Waals surface area (Å²) in [5, 5.41) is 11.9. The lowest BCUT2D eigenvalue weighted by molar-refractivity contribution is -0.127. The number of amides is 1. The summed E-state index contributed by atoms with van der Waals surface area (Å²) in [5.74, 6) is -1.52. The quantitative estimate of drug-likeness (QED) is 0.716. The fourth-order valence-corrected chi connectivity index (χ4v) is 1.82. The van der Waals surface area contributed by atoms with Gasteiger partial charge in [-0.2, -0.15) is 0 Å². The number of hydrogen-bond acceptors (Lipinski definition) is 4. The molecule has 1 rings (SSSR count). The van der Waals surface area contributed by atoms with Crippen molar-refractivity contribution in [3.8, 4) is 5.75 Å². The average Bonchev–Trinajstić information content (AvgIpc) is 2.45. The minimum Gasteiger partial charge on any atom is -0.478 e. The van der Waals surface area contributed by atoms with Crippen LogP contribution in [-0.4, -0.2) is 43.3 Å². The summed E-state index contributed by atoms with van der Waals surface area (Å²) in [4.78, 5) is 23.0. The van der Waals surface area contributed by atoms with Crippen LogP contribution in [0.1, 0.15) is 23.7 Å². The summed E-state index contributed by atoms with van der Waals surface area (Å²) in [7, 11) is 1.58. The molecule has 0 heterocycles. The Morgan fingerprint density at radius 3 is 2.76 bits per heavy atom. The summed E-state index contributed by atoms with van der Waals surface area (Å²) < 4.78 is 10.3. The SMILES string of the molecule is COCCCNC(=O)C(C)Oc1c(Cl)cccc1C(=O)O. The van der Waals surface area contributed by atoms with Crippen LogP contribution in [0.15, 0.2) is 18.2 Å². The number of ether oxygens (including phenoxy) is 2. The van der Waals surface area contributed by atoms with Gasteiger partial charge in [-0.05, 0) is 25.5 Å². The minimum absolute atomic E-state index is 0.00814. The van der Waals surface area contributed by atoms with Gasteiger partial charge in [0.25, 0.3) is 5.91 Å². The number of carboxylic acids is 1. The number of carboxylic acid groups (broad SMARTS) is 1. The van der Waals surface area contributed by atoms with Crippen molar-refractivity contribution in [2.24, 2.45) is 0 Å². The average molecular weight is 316 g/mol. The van der Waals surface area contributed by atoms with E-state index in [1.165, 1.54) is 25.1 Å². The summed E-state index contributed by atoms with van der Waals surface area (Å²) in [6.07, 6.45) is -0.174. The third-order valence-electron chi connectivity index (χ3n) is 2.69. The van der Waals surface area contributed by atoms with Gasteiger partial charge >= 0.3 is 5.97 Å². The first-order valence-corrected chi connectivity index (χ1v) is 6.80. The maximum Gasteiger partial charge on any atom is 0.339 e. The van der Waals surface area contributed by atoms with Crippen molar-refractivity contribution in [1.29, 1.82) is 0 Å². The molecule has 7 heteroatoms. The molecular weight excluding hydrogens is 298 g/mol. The largest absolute Gasteiger partial charge is 0.478 e. The maximum atomic E-state index is 11.8. The van der Waals surface area contributed by atoms with Crippen molar-refractivity contribution < 1.29 is 24.2 Å². The van der Waals surface area contributed by atoms with Gasteiger partial charge in [-0.1, -0.05) is 17.7 Å². The highest BCUT2D eigenvalue weighted by Gasteiger charge is 2.20. The summed E-state index contributed by atoms with van der Waals surface area (Å²) in [6.45, 7) is 2.53. The molecule has 0 spiro atoms. The molecule has 116 valence electrons. The zero-order chi connectivity index (χ0) is 15.8. The van der Waals surface area contributed by atoms with Crippen molar-refractivity contribution in [3.05, 3.63) is 28.8 Å². The van der Waals surface area contributed by atoms with Gasteiger partial charge in [-0.15, -0.1) is 0 Å². The van der Waals surface area contributed by atoms with E-state index in [1.807, 2.05) is 0 Å². The number of rotatable bonds is 8. The van der Waals surface area contributed by atoms with Crippen LogP contribution >= 0.6 is 11.6 Å². The van der Waals surface area contributed by atoms with Crippen LogP contribution in [-0.2, 0) is 9.53 Å². The lowest BCUT2D eigenvalue weighted by Crippen LogP contribution is -2.37. The third-order valence-corrected chi connectivity index (χ3v) is 2.98. The van der Waals surface area contributed by atoms with Crippen molar-refractivity contribution in [2.45, 2.75) is 19.4 Å². The number of carbonyl (C=O) groups is 2. The van der Waals surface area contributed by atoms with Gasteiger partial charge in [-0.3, -0.25) is 4.79 Å². The van der Waals surface area contributed by atoms with Crippen LogP contribution in [0.5, 0.6) is 5.75 Å². The number of nitrogens with one attached hydrogen (secondary N) is 1. The molecule has 0 fully saturated rings. The second-order valence-electron chi connectivity index (χ2n) is 4.32. The van der Waals surface area contributed by atoms with Gasteiger partial charge in [0.15, 0.2) is 11.9 Å². The topological polar surface area (TPSA) is 84.9 Å². The zero-order valence-corrected chi connectivity index (χ0v) is 12.6. The molecule has 2 N–H and O–H groups in total. The Bertz CT molecular complexity index is 506. The molecule has 1 amide bonds. The molecule has 6 nitrogen and oxygen atoms in total. The summed E-state index contributed by atoms with van der Waals surface area (Å²) in [6, 6.07) is 4.38. The number of benzene rings is 1. The molecule has 1 aromatic carbocycles. The van der Waals surface area contributed by atoms with Crippen molar-refractivity contribution in [3.63, 3.8) is 0 Å². The second-order valence-corrected chi connectivity index (χ2v) is 4.73. The van der Waals surface area contributed by atoms with Gasteiger partial charge in [0.2, 0.25) is 0 Å². The first-order valence-electron chi connectivity index (χ1n) is 6.42. The van der Waals surface area contributed by atoms with Crippen LogP contribution < -0.4 is 10.1 Å². The first-order chi connectivity index (χ1) is 9.97. The Morgan fingerprint density at radius 2 is 2.14 bits per heavy atom. The Hall–Kier alpha value is -1.79. The molecule has 0 aliphatic heterocycles. The van der Waals surface area contributed by atoms with Crippen molar-refractivity contribution >= 4 is 23.5 Å². The van der Waals surface area contributed by atoms with Crippen LogP contribution in [0.25, 0.3) is 0 Å². The first kappa shape index (κ1) is 17.3. The Kier molecular flexibility index (Phi) is 6.98. The number of methoxy groups -OCH3 is 1. The molecule has 0 saturated carbocycles. The van der Waals surface area contributed by atoms with E-state index in [0.29, 0.717) is 19.6 Å². The van der Waals surface area contributed by atoms with E-state index >= 15 is 0 Å². The fourth-order valence-electron chi connectivity index (χ4n) is 1.60. The van der Waals surface area contributed by atoms with Crippen molar-refractivity contribution in [1.82, 2.24) is 5.32 Å². The molecule has 0 radical (unpaired) electrons. The Labute approximate surface area is 128 Å². The van der Waals surface area contributed by atoms with Gasteiger partial charge in [0.05, 0.1) is 5.02 Å². The lowest BCUT2D eigenvalue weighted by atomic mass is 10.2. The molecule has 1 aromatic rings. The standard InChI is InChI=1S/C14H18ClNO5/c1-9(13(17)16-7-4-8-20-2)21-12-10(14(18)19)5-3-6-11(12)15/h3,5-6,9H,4,7-8H2,1-2H3,(H,16,17)(H,18,19). The monoisotopic (exact) mass is 315 g/mol. The predicted octanol–water partition coefficient (Wildman–Crippen LogP) is 1.96. The van der Waals surface area contributed by atoms with E-state index in [2.05, 4.69) is 5.32 Å². The van der Waals surface area contributed by atoms with E-state index < -0.39 is 12.1 Å². The van der Waals surface area contributed by atoms with Gasteiger partial charge in [0.1, 0.15) is 5.56 Å². The predicted molar refractivity (Wildman–Crippen MR) is 78.0 cm³/mol. The smallest absolute Gasteiger partial charge is 0.339 e. The molecule has 21 heavy (non-hydrogen) atoms. The molecule has 0 saturated heterocycles. The van der Waals surface area contributed by atoms with E-state index in [4.69, 9.17) is 26.2 Å². The fraction of sp³-hybridized carbons (Fsp3) is 0.429. The minimum atomic E-state index is -1.17. The molecule has 0 aliphatic rings. The van der Waals surface area contributed by atoms with E-state index in [9.17, 15) is 9.59 Å². The number of para-hydroxylation sites is 1.